The Labute approximate surface area is 149 Å². The maximum absolute atomic E-state index is 11.4. The molecular weight excluding hydrogens is 340 g/mol. The van der Waals surface area contributed by atoms with Crippen molar-refractivity contribution in [1.82, 2.24) is 9.78 Å². The number of hydrogen-bond donors (Lipinski definition) is 1. The number of halogens is 1. The lowest BCUT2D eigenvalue weighted by atomic mass is 10.1. The van der Waals surface area contributed by atoms with Crippen molar-refractivity contribution in [1.29, 1.82) is 0 Å². The number of nitrogens with zero attached hydrogens (tertiary/aromatic N) is 2. The second kappa shape index (κ2) is 6.41. The molecule has 2 aromatic carbocycles. The highest BCUT2D eigenvalue weighted by Gasteiger charge is 2.22. The Morgan fingerprint density at radius 1 is 1.32 bits per heavy atom. The number of carboxylic acids is 1. The van der Waals surface area contributed by atoms with Crippen molar-refractivity contribution in [3.8, 4) is 5.75 Å². The van der Waals surface area contributed by atoms with Gasteiger partial charge in [-0.05, 0) is 49.1 Å². The van der Waals surface area contributed by atoms with Gasteiger partial charge >= 0.3 is 5.97 Å². The summed E-state index contributed by atoms with van der Waals surface area (Å²) in [7, 11) is 0. The molecule has 0 atom stereocenters. The number of fused-ring (bicyclic) bond motifs is 1. The van der Waals surface area contributed by atoms with E-state index >= 15 is 0 Å². The highest BCUT2D eigenvalue weighted by molar-refractivity contribution is 6.30. The van der Waals surface area contributed by atoms with Gasteiger partial charge in [-0.25, -0.2) is 4.79 Å². The Morgan fingerprint density at radius 3 is 2.92 bits per heavy atom. The molecule has 0 aliphatic heterocycles. The average Bonchev–Trinajstić information content (AvgIpc) is 3.34. The fraction of sp³-hybridized carbons (Fsp3) is 0.263. The molecule has 128 valence electrons. The van der Waals surface area contributed by atoms with E-state index < -0.39 is 5.97 Å². The van der Waals surface area contributed by atoms with E-state index in [0.29, 0.717) is 22.9 Å². The largest absolute Gasteiger partial charge is 0.493 e. The summed E-state index contributed by atoms with van der Waals surface area (Å²) in [4.78, 5) is 11.4. The third kappa shape index (κ3) is 3.33. The normalized spacial score (nSPS) is 14.0. The van der Waals surface area contributed by atoms with Crippen LogP contribution >= 0.6 is 11.6 Å². The van der Waals surface area contributed by atoms with Gasteiger partial charge in [-0.15, -0.1) is 0 Å². The summed E-state index contributed by atoms with van der Waals surface area (Å²) in [5, 5.41) is 14.9. The van der Waals surface area contributed by atoms with E-state index in [1.54, 1.807) is 23.0 Å². The summed E-state index contributed by atoms with van der Waals surface area (Å²) < 4.78 is 7.72. The van der Waals surface area contributed by atoms with Gasteiger partial charge in [-0.2, -0.15) is 5.10 Å². The number of rotatable bonds is 6. The molecule has 0 amide bonds. The number of hydrogen-bond acceptors (Lipinski definition) is 3. The predicted octanol–water partition coefficient (Wildman–Crippen LogP) is 4.23. The first-order valence-electron chi connectivity index (χ1n) is 8.21. The van der Waals surface area contributed by atoms with Crippen molar-refractivity contribution in [2.24, 2.45) is 5.92 Å². The van der Waals surface area contributed by atoms with Crippen molar-refractivity contribution >= 4 is 28.5 Å². The molecule has 1 fully saturated rings. The second-order valence-corrected chi connectivity index (χ2v) is 6.79. The Balaban J connectivity index is 1.67. The fourth-order valence-electron chi connectivity index (χ4n) is 2.88. The lowest BCUT2D eigenvalue weighted by Crippen LogP contribution is -2.06. The number of carbonyl (C=O) groups is 1. The van der Waals surface area contributed by atoms with Gasteiger partial charge in [0, 0.05) is 16.0 Å². The summed E-state index contributed by atoms with van der Waals surface area (Å²) >= 11 is 6.15. The van der Waals surface area contributed by atoms with Crippen LogP contribution in [0, 0.1) is 5.92 Å². The minimum Gasteiger partial charge on any atom is -0.493 e. The van der Waals surface area contributed by atoms with Crippen LogP contribution in [-0.4, -0.2) is 27.5 Å². The zero-order chi connectivity index (χ0) is 17.4. The van der Waals surface area contributed by atoms with Gasteiger partial charge in [-0.3, -0.25) is 4.68 Å². The summed E-state index contributed by atoms with van der Waals surface area (Å²) in [6.07, 6.45) is 4.05. The molecule has 1 N–H and O–H groups in total. The van der Waals surface area contributed by atoms with Gasteiger partial charge in [0.2, 0.25) is 0 Å². The SMILES string of the molecule is O=C(O)c1cccc2c1cnn2Cc1cc(Cl)ccc1OCC1CC1. The van der Waals surface area contributed by atoms with E-state index in [2.05, 4.69) is 5.10 Å². The van der Waals surface area contributed by atoms with E-state index in [4.69, 9.17) is 16.3 Å². The molecule has 6 heteroatoms. The van der Waals surface area contributed by atoms with Crippen molar-refractivity contribution in [3.63, 3.8) is 0 Å². The van der Waals surface area contributed by atoms with E-state index in [9.17, 15) is 9.90 Å². The lowest BCUT2D eigenvalue weighted by molar-refractivity contribution is 0.0699. The number of aromatic carboxylic acids is 1. The molecule has 1 saturated carbocycles. The third-order valence-corrected chi connectivity index (χ3v) is 4.67. The maximum atomic E-state index is 11.4. The third-order valence-electron chi connectivity index (χ3n) is 4.43. The molecule has 3 aromatic rings. The smallest absolute Gasteiger partial charge is 0.336 e. The van der Waals surface area contributed by atoms with Crippen LogP contribution in [0.2, 0.25) is 5.02 Å². The van der Waals surface area contributed by atoms with Crippen LogP contribution in [0.4, 0.5) is 0 Å². The Kier molecular flexibility index (Phi) is 4.09. The summed E-state index contributed by atoms with van der Waals surface area (Å²) in [6, 6.07) is 10.8. The van der Waals surface area contributed by atoms with Crippen molar-refractivity contribution < 1.29 is 14.6 Å². The van der Waals surface area contributed by atoms with Crippen LogP contribution < -0.4 is 4.74 Å². The molecule has 5 nitrogen and oxygen atoms in total. The molecule has 1 heterocycles. The standard InChI is InChI=1S/C19H17ClN2O3/c20-14-6-7-18(25-11-12-4-5-12)13(8-14)10-22-17-3-1-2-15(19(23)24)16(17)9-21-22/h1-3,6-9,12H,4-5,10-11H2,(H,23,24). The van der Waals surface area contributed by atoms with Crippen LogP contribution in [0.5, 0.6) is 5.75 Å². The number of benzene rings is 2. The molecule has 0 spiro atoms. The molecule has 0 unspecified atom stereocenters. The van der Waals surface area contributed by atoms with Crippen molar-refractivity contribution in [2.75, 3.05) is 6.61 Å². The monoisotopic (exact) mass is 356 g/mol. The summed E-state index contributed by atoms with van der Waals surface area (Å²) in [5.41, 5.74) is 1.95. The zero-order valence-corrected chi connectivity index (χ0v) is 14.2. The molecule has 4 rings (SSSR count). The maximum Gasteiger partial charge on any atom is 0.336 e. The highest BCUT2D eigenvalue weighted by atomic mass is 35.5. The topological polar surface area (TPSA) is 64.3 Å². The predicted molar refractivity (Wildman–Crippen MR) is 95.5 cm³/mol. The Morgan fingerprint density at radius 2 is 2.16 bits per heavy atom. The van der Waals surface area contributed by atoms with Gasteiger partial charge in [-0.1, -0.05) is 17.7 Å². The molecule has 0 saturated heterocycles. The van der Waals surface area contributed by atoms with Gasteiger partial charge in [0.25, 0.3) is 0 Å². The molecule has 1 aliphatic carbocycles. The summed E-state index contributed by atoms with van der Waals surface area (Å²) in [5.74, 6) is 0.503. The molecular formula is C19H17ClN2O3. The number of carboxylic acid groups (broad SMARTS) is 1. The van der Waals surface area contributed by atoms with E-state index in [0.717, 1.165) is 23.4 Å². The first-order valence-corrected chi connectivity index (χ1v) is 8.58. The Hall–Kier alpha value is -2.53. The second-order valence-electron chi connectivity index (χ2n) is 6.35. The van der Waals surface area contributed by atoms with Crippen LogP contribution in [0.25, 0.3) is 10.9 Å². The summed E-state index contributed by atoms with van der Waals surface area (Å²) in [6.45, 7) is 1.19. The van der Waals surface area contributed by atoms with Gasteiger partial charge in [0.05, 0.1) is 30.4 Å². The molecule has 0 bridgehead atoms. The first-order chi connectivity index (χ1) is 12.1. The quantitative estimate of drug-likeness (QED) is 0.718. The van der Waals surface area contributed by atoms with E-state index in [1.807, 2.05) is 24.3 Å². The molecule has 1 aromatic heterocycles. The molecule has 0 radical (unpaired) electrons. The highest BCUT2D eigenvalue weighted by Crippen LogP contribution is 2.31. The Bertz CT molecular complexity index is 947. The van der Waals surface area contributed by atoms with Crippen LogP contribution in [0.3, 0.4) is 0 Å². The number of ether oxygens (including phenoxy) is 1. The van der Waals surface area contributed by atoms with Crippen molar-refractivity contribution in [3.05, 3.63) is 58.7 Å². The van der Waals surface area contributed by atoms with Gasteiger partial charge < -0.3 is 9.84 Å². The zero-order valence-electron chi connectivity index (χ0n) is 13.5. The van der Waals surface area contributed by atoms with Crippen LogP contribution in [-0.2, 0) is 6.54 Å². The minimum absolute atomic E-state index is 0.250. The fourth-order valence-corrected chi connectivity index (χ4v) is 3.08. The lowest BCUT2D eigenvalue weighted by Gasteiger charge is -2.12. The minimum atomic E-state index is -0.957. The molecule has 25 heavy (non-hydrogen) atoms. The van der Waals surface area contributed by atoms with E-state index in [1.165, 1.54) is 12.8 Å². The van der Waals surface area contributed by atoms with E-state index in [-0.39, 0.29) is 5.56 Å². The van der Waals surface area contributed by atoms with Gasteiger partial charge in [0.1, 0.15) is 5.75 Å². The first kappa shape index (κ1) is 16.0. The van der Waals surface area contributed by atoms with Crippen molar-refractivity contribution in [2.45, 2.75) is 19.4 Å². The van der Waals surface area contributed by atoms with Crippen LogP contribution in [0.15, 0.2) is 42.6 Å². The number of aromatic nitrogens is 2. The molecule has 1 aliphatic rings. The van der Waals surface area contributed by atoms with Crippen LogP contribution in [0.1, 0.15) is 28.8 Å². The van der Waals surface area contributed by atoms with Gasteiger partial charge in [0.15, 0.2) is 0 Å². The average molecular weight is 357 g/mol.